The van der Waals surface area contributed by atoms with Gasteiger partial charge in [0.05, 0.1) is 0 Å². The summed E-state index contributed by atoms with van der Waals surface area (Å²) in [4.78, 5) is 15.9. The largest absolute Gasteiger partial charge is 0.325 e. The van der Waals surface area contributed by atoms with E-state index in [-0.39, 0.29) is 11.3 Å². The van der Waals surface area contributed by atoms with Crippen LogP contribution in [0, 0.1) is 6.92 Å². The van der Waals surface area contributed by atoms with Crippen LogP contribution < -0.4 is 0 Å². The lowest BCUT2D eigenvalue weighted by Gasteiger charge is -2.20. The molecule has 0 aliphatic carbocycles. The number of hydrogen-bond donors (Lipinski definition) is 0. The van der Waals surface area contributed by atoms with Gasteiger partial charge in [-0.3, -0.25) is 4.79 Å². The molecule has 1 aliphatic heterocycles. The fourth-order valence-electron chi connectivity index (χ4n) is 1.61. The van der Waals surface area contributed by atoms with Crippen LogP contribution in [-0.4, -0.2) is 23.1 Å². The van der Waals surface area contributed by atoms with Crippen LogP contribution in [0.1, 0.15) is 22.1 Å². The molecule has 0 spiro atoms. The molecule has 76 valence electrons. The number of carbonyl (C=O) groups is 1. The summed E-state index contributed by atoms with van der Waals surface area (Å²) in [5.41, 5.74) is 0. The monoisotopic (exact) mass is 227 g/mol. The van der Waals surface area contributed by atoms with Crippen LogP contribution in [0.5, 0.6) is 0 Å². The lowest BCUT2D eigenvalue weighted by Crippen LogP contribution is -2.27. The summed E-state index contributed by atoms with van der Waals surface area (Å²) in [6, 6.07) is 4.26. The van der Waals surface area contributed by atoms with E-state index in [0.29, 0.717) is 0 Å². The molecule has 1 aromatic heterocycles. The minimum atomic E-state index is 0.186. The second-order valence-electron chi connectivity index (χ2n) is 3.38. The summed E-state index contributed by atoms with van der Waals surface area (Å²) in [6.07, 6.45) is 0. The van der Waals surface area contributed by atoms with E-state index in [1.54, 1.807) is 18.3 Å². The summed E-state index contributed by atoms with van der Waals surface area (Å²) in [7, 11) is 0. The topological polar surface area (TPSA) is 20.3 Å². The Bertz CT molecular complexity index is 348. The molecule has 1 saturated heterocycles. The smallest absolute Gasteiger partial charge is 0.220 e. The zero-order valence-electron chi connectivity index (χ0n) is 8.32. The average molecular weight is 227 g/mol. The van der Waals surface area contributed by atoms with Crippen LogP contribution in [0.15, 0.2) is 12.1 Å². The molecular formula is C10H13NOS2. The third-order valence-electron chi connectivity index (χ3n) is 2.30. The van der Waals surface area contributed by atoms with Crippen molar-refractivity contribution in [1.29, 1.82) is 0 Å². The van der Waals surface area contributed by atoms with Gasteiger partial charge in [-0.1, -0.05) is 0 Å². The molecule has 4 heteroatoms. The van der Waals surface area contributed by atoms with Crippen molar-refractivity contribution in [3.8, 4) is 0 Å². The molecule has 0 bridgehead atoms. The molecule has 1 aromatic rings. The van der Waals surface area contributed by atoms with E-state index in [2.05, 4.69) is 19.1 Å². The first kappa shape index (κ1) is 10.1. The Labute approximate surface area is 92.3 Å². The highest BCUT2D eigenvalue weighted by molar-refractivity contribution is 7.99. The fraction of sp³-hybridized carbons (Fsp3) is 0.500. The van der Waals surface area contributed by atoms with Gasteiger partial charge in [0.25, 0.3) is 0 Å². The number of thiophene rings is 1. The van der Waals surface area contributed by atoms with Gasteiger partial charge in [-0.25, -0.2) is 0 Å². The molecule has 2 heterocycles. The zero-order chi connectivity index (χ0) is 10.1. The van der Waals surface area contributed by atoms with Crippen LogP contribution in [0.4, 0.5) is 0 Å². The maximum atomic E-state index is 11.4. The van der Waals surface area contributed by atoms with E-state index in [4.69, 9.17) is 0 Å². The van der Waals surface area contributed by atoms with Crippen molar-refractivity contribution in [3.05, 3.63) is 21.9 Å². The molecule has 14 heavy (non-hydrogen) atoms. The van der Waals surface area contributed by atoms with Crippen molar-refractivity contribution in [2.24, 2.45) is 0 Å². The number of rotatable bonds is 1. The Kier molecular flexibility index (Phi) is 2.83. The van der Waals surface area contributed by atoms with E-state index in [1.807, 2.05) is 16.7 Å². The first-order chi connectivity index (χ1) is 6.68. The predicted octanol–water partition coefficient (Wildman–Crippen LogP) is 2.65. The molecule has 0 radical (unpaired) electrons. The van der Waals surface area contributed by atoms with Crippen molar-refractivity contribution in [1.82, 2.24) is 4.90 Å². The van der Waals surface area contributed by atoms with Gasteiger partial charge >= 0.3 is 0 Å². The summed E-state index contributed by atoms with van der Waals surface area (Å²) in [6.45, 7) is 4.65. The van der Waals surface area contributed by atoms with Gasteiger partial charge < -0.3 is 4.90 Å². The van der Waals surface area contributed by atoms with Gasteiger partial charge in [-0.2, -0.15) is 0 Å². The summed E-state index contributed by atoms with van der Waals surface area (Å²) in [5.74, 6) is 1.24. The quantitative estimate of drug-likeness (QED) is 0.735. The van der Waals surface area contributed by atoms with E-state index in [1.165, 1.54) is 9.75 Å². The number of hydrogen-bond acceptors (Lipinski definition) is 3. The predicted molar refractivity (Wildman–Crippen MR) is 61.6 cm³/mol. The molecule has 1 unspecified atom stereocenters. The third kappa shape index (κ3) is 1.81. The number of aryl methyl sites for hydroxylation is 1. The van der Waals surface area contributed by atoms with Crippen molar-refractivity contribution in [2.45, 2.75) is 19.2 Å². The van der Waals surface area contributed by atoms with Gasteiger partial charge in [0, 0.05) is 29.0 Å². The summed E-state index contributed by atoms with van der Waals surface area (Å²) < 4.78 is 0. The van der Waals surface area contributed by atoms with Crippen molar-refractivity contribution in [2.75, 3.05) is 12.3 Å². The lowest BCUT2D eigenvalue weighted by molar-refractivity contribution is -0.128. The van der Waals surface area contributed by atoms with E-state index >= 15 is 0 Å². The van der Waals surface area contributed by atoms with Gasteiger partial charge in [0.1, 0.15) is 5.37 Å². The highest BCUT2D eigenvalue weighted by Crippen LogP contribution is 2.40. The summed E-state index contributed by atoms with van der Waals surface area (Å²) >= 11 is 3.65. The Morgan fingerprint density at radius 1 is 1.57 bits per heavy atom. The molecule has 1 fully saturated rings. The molecule has 1 aliphatic rings. The first-order valence-corrected chi connectivity index (χ1v) is 6.50. The van der Waals surface area contributed by atoms with Gasteiger partial charge in [0.15, 0.2) is 0 Å². The molecular weight excluding hydrogens is 214 g/mol. The van der Waals surface area contributed by atoms with E-state index in [9.17, 15) is 4.79 Å². The fourth-order valence-corrected chi connectivity index (χ4v) is 4.04. The van der Waals surface area contributed by atoms with Crippen molar-refractivity contribution >= 4 is 29.0 Å². The maximum absolute atomic E-state index is 11.4. The molecule has 0 aromatic carbocycles. The lowest BCUT2D eigenvalue weighted by atomic mass is 10.4. The Balaban J connectivity index is 2.21. The van der Waals surface area contributed by atoms with Gasteiger partial charge in [-0.15, -0.1) is 23.1 Å². The number of amides is 1. The van der Waals surface area contributed by atoms with Crippen molar-refractivity contribution < 1.29 is 4.79 Å². The second kappa shape index (κ2) is 3.95. The number of carbonyl (C=O) groups excluding carboxylic acids is 1. The zero-order valence-corrected chi connectivity index (χ0v) is 9.95. The SMILES string of the molecule is CC(=O)N1CCSC1c1ccc(C)s1. The molecule has 1 atom stereocenters. The highest BCUT2D eigenvalue weighted by Gasteiger charge is 2.29. The van der Waals surface area contributed by atoms with Crippen LogP contribution in [0.2, 0.25) is 0 Å². The minimum absolute atomic E-state index is 0.186. The normalized spacial score (nSPS) is 21.6. The van der Waals surface area contributed by atoms with Crippen LogP contribution >= 0.6 is 23.1 Å². The maximum Gasteiger partial charge on any atom is 0.220 e. The molecule has 0 N–H and O–H groups in total. The second-order valence-corrected chi connectivity index (χ2v) is 5.89. The van der Waals surface area contributed by atoms with Gasteiger partial charge in [0.2, 0.25) is 5.91 Å². The number of thioether (sulfide) groups is 1. The third-order valence-corrected chi connectivity index (χ3v) is 4.74. The van der Waals surface area contributed by atoms with Gasteiger partial charge in [-0.05, 0) is 19.1 Å². The average Bonchev–Trinajstić information content (AvgIpc) is 2.70. The molecule has 2 rings (SSSR count). The van der Waals surface area contributed by atoms with Crippen LogP contribution in [0.3, 0.4) is 0 Å². The number of nitrogens with zero attached hydrogens (tertiary/aromatic N) is 1. The Hall–Kier alpha value is -0.480. The standard InChI is InChI=1S/C10H13NOS2/c1-7-3-4-9(14-7)10-11(8(2)12)5-6-13-10/h3-4,10H,5-6H2,1-2H3. The van der Waals surface area contributed by atoms with E-state index < -0.39 is 0 Å². The minimum Gasteiger partial charge on any atom is -0.325 e. The molecule has 0 saturated carbocycles. The van der Waals surface area contributed by atoms with Crippen molar-refractivity contribution in [3.63, 3.8) is 0 Å². The molecule has 1 amide bonds. The van der Waals surface area contributed by atoms with E-state index in [0.717, 1.165) is 12.3 Å². The Morgan fingerprint density at radius 2 is 2.36 bits per heavy atom. The summed E-state index contributed by atoms with van der Waals surface area (Å²) in [5, 5.41) is 0.270. The molecule has 2 nitrogen and oxygen atoms in total. The first-order valence-electron chi connectivity index (χ1n) is 4.63. The highest BCUT2D eigenvalue weighted by atomic mass is 32.2. The van der Waals surface area contributed by atoms with Crippen LogP contribution in [-0.2, 0) is 4.79 Å². The van der Waals surface area contributed by atoms with Crippen LogP contribution in [0.25, 0.3) is 0 Å². The Morgan fingerprint density at radius 3 is 2.93 bits per heavy atom.